The minimum absolute atomic E-state index is 0.0597. The van der Waals surface area contributed by atoms with Crippen LogP contribution in [0, 0.1) is 6.92 Å². The van der Waals surface area contributed by atoms with Crippen LogP contribution in [-0.2, 0) is 11.3 Å². The first kappa shape index (κ1) is 11.4. The number of hydrogen-bond donors (Lipinski definition) is 1. The topological polar surface area (TPSA) is 42.0 Å². The van der Waals surface area contributed by atoms with Crippen molar-refractivity contribution in [1.82, 2.24) is 10.3 Å². The molecular weight excluding hydrogens is 188 g/mol. The van der Waals surface area contributed by atoms with Gasteiger partial charge < -0.3 is 5.32 Å². The normalized spacial score (nSPS) is 9.53. The van der Waals surface area contributed by atoms with Crippen LogP contribution in [0.3, 0.4) is 0 Å². The molecule has 0 aliphatic carbocycles. The van der Waals surface area contributed by atoms with Crippen molar-refractivity contribution < 1.29 is 4.79 Å². The lowest BCUT2D eigenvalue weighted by Gasteiger charge is -2.02. The van der Waals surface area contributed by atoms with E-state index in [1.54, 1.807) is 12.3 Å². The van der Waals surface area contributed by atoms with Gasteiger partial charge in [0.05, 0.1) is 0 Å². The summed E-state index contributed by atoms with van der Waals surface area (Å²) in [5, 5.41) is 2.79. The summed E-state index contributed by atoms with van der Waals surface area (Å²) in [4.78, 5) is 15.4. The van der Waals surface area contributed by atoms with Crippen LogP contribution in [0.25, 0.3) is 0 Å². The number of nitrogens with zero attached hydrogens (tertiary/aromatic N) is 1. The van der Waals surface area contributed by atoms with Crippen LogP contribution in [0.2, 0.25) is 0 Å². The molecule has 1 rings (SSSR count). The van der Waals surface area contributed by atoms with Gasteiger partial charge in [-0.25, -0.2) is 0 Å². The highest BCUT2D eigenvalue weighted by atomic mass is 16.1. The summed E-state index contributed by atoms with van der Waals surface area (Å²) in [6.45, 7) is 6.25. The number of nitrogens with one attached hydrogen (secondary N) is 1. The number of hydrogen-bond acceptors (Lipinski definition) is 2. The molecule has 0 atom stereocenters. The van der Waals surface area contributed by atoms with Crippen LogP contribution < -0.4 is 5.32 Å². The van der Waals surface area contributed by atoms with Gasteiger partial charge in [-0.1, -0.05) is 11.6 Å². The van der Waals surface area contributed by atoms with Gasteiger partial charge in [-0.05, 0) is 32.4 Å². The molecule has 0 bridgehead atoms. The number of aromatic nitrogens is 1. The smallest absolute Gasteiger partial charge is 0.244 e. The summed E-state index contributed by atoms with van der Waals surface area (Å²) in [5.74, 6) is -0.0597. The molecule has 0 aliphatic rings. The Morgan fingerprint density at radius 1 is 1.47 bits per heavy atom. The molecule has 80 valence electrons. The average molecular weight is 204 g/mol. The van der Waals surface area contributed by atoms with Crippen LogP contribution in [-0.4, -0.2) is 10.9 Å². The quantitative estimate of drug-likeness (QED) is 0.765. The highest BCUT2D eigenvalue weighted by Gasteiger charge is 1.97. The van der Waals surface area contributed by atoms with E-state index in [2.05, 4.69) is 10.3 Å². The molecule has 0 saturated carbocycles. The van der Waals surface area contributed by atoms with Gasteiger partial charge in [-0.3, -0.25) is 9.78 Å². The first-order chi connectivity index (χ1) is 7.08. The summed E-state index contributed by atoms with van der Waals surface area (Å²) >= 11 is 0. The number of allylic oxidation sites excluding steroid dienone is 1. The van der Waals surface area contributed by atoms with Gasteiger partial charge in [0, 0.05) is 24.5 Å². The second-order valence-corrected chi connectivity index (χ2v) is 3.75. The number of amides is 1. The summed E-state index contributed by atoms with van der Waals surface area (Å²) in [6.07, 6.45) is 3.36. The third kappa shape index (κ3) is 4.40. The van der Waals surface area contributed by atoms with Gasteiger partial charge in [-0.15, -0.1) is 0 Å². The lowest BCUT2D eigenvalue weighted by Crippen LogP contribution is -2.20. The third-order valence-electron chi connectivity index (χ3n) is 1.86. The van der Waals surface area contributed by atoms with Gasteiger partial charge in [0.15, 0.2) is 0 Å². The first-order valence-electron chi connectivity index (χ1n) is 4.92. The highest BCUT2D eigenvalue weighted by Crippen LogP contribution is 1.98. The van der Waals surface area contributed by atoms with Crippen LogP contribution in [0.5, 0.6) is 0 Å². The zero-order valence-corrected chi connectivity index (χ0v) is 9.37. The Bertz CT molecular complexity index is 362. The largest absolute Gasteiger partial charge is 0.348 e. The second-order valence-electron chi connectivity index (χ2n) is 3.75. The van der Waals surface area contributed by atoms with Gasteiger partial charge in [-0.2, -0.15) is 0 Å². The van der Waals surface area contributed by atoms with Crippen molar-refractivity contribution in [2.24, 2.45) is 0 Å². The van der Waals surface area contributed by atoms with E-state index in [1.807, 2.05) is 32.9 Å². The Morgan fingerprint density at radius 3 is 2.73 bits per heavy atom. The summed E-state index contributed by atoms with van der Waals surface area (Å²) < 4.78 is 0. The molecule has 15 heavy (non-hydrogen) atoms. The van der Waals surface area contributed by atoms with E-state index >= 15 is 0 Å². The maximum absolute atomic E-state index is 11.3. The van der Waals surface area contributed by atoms with Crippen molar-refractivity contribution in [3.63, 3.8) is 0 Å². The van der Waals surface area contributed by atoms with Gasteiger partial charge >= 0.3 is 0 Å². The molecule has 0 saturated heterocycles. The summed E-state index contributed by atoms with van der Waals surface area (Å²) in [7, 11) is 0. The number of carbonyl (C=O) groups excluding carboxylic acids is 1. The first-order valence-corrected chi connectivity index (χ1v) is 4.92. The lowest BCUT2D eigenvalue weighted by molar-refractivity contribution is -0.116. The van der Waals surface area contributed by atoms with Crippen molar-refractivity contribution in [2.75, 3.05) is 0 Å². The number of pyridine rings is 1. The van der Waals surface area contributed by atoms with Crippen molar-refractivity contribution in [3.05, 3.63) is 41.2 Å². The minimum atomic E-state index is -0.0597. The van der Waals surface area contributed by atoms with E-state index in [9.17, 15) is 4.79 Å². The SMILES string of the molecule is CC(C)=CC(=O)NCc1ccc(C)nc1. The van der Waals surface area contributed by atoms with Gasteiger partial charge in [0.2, 0.25) is 5.91 Å². The van der Waals surface area contributed by atoms with Crippen LogP contribution in [0.4, 0.5) is 0 Å². The van der Waals surface area contributed by atoms with Crippen molar-refractivity contribution >= 4 is 5.91 Å². The predicted octanol–water partition coefficient (Wildman–Crippen LogP) is 1.97. The van der Waals surface area contributed by atoms with Gasteiger partial charge in [0.1, 0.15) is 0 Å². The Balaban J connectivity index is 2.47. The molecule has 1 aromatic rings. The van der Waals surface area contributed by atoms with Crippen LogP contribution in [0.1, 0.15) is 25.1 Å². The Labute approximate surface area is 90.2 Å². The van der Waals surface area contributed by atoms with Gasteiger partial charge in [0.25, 0.3) is 0 Å². The molecule has 0 spiro atoms. The van der Waals surface area contributed by atoms with Crippen molar-refractivity contribution in [2.45, 2.75) is 27.3 Å². The standard InChI is InChI=1S/C12H16N2O/c1-9(2)6-12(15)14-8-11-5-4-10(3)13-7-11/h4-7H,8H2,1-3H3,(H,14,15). The Hall–Kier alpha value is -1.64. The third-order valence-corrected chi connectivity index (χ3v) is 1.86. The molecule has 3 heteroatoms. The van der Waals surface area contributed by atoms with E-state index in [-0.39, 0.29) is 5.91 Å². The molecule has 1 aromatic heterocycles. The maximum Gasteiger partial charge on any atom is 0.244 e. The zero-order valence-electron chi connectivity index (χ0n) is 9.37. The fraction of sp³-hybridized carbons (Fsp3) is 0.333. The zero-order chi connectivity index (χ0) is 11.3. The number of rotatable bonds is 3. The van der Waals surface area contributed by atoms with Crippen molar-refractivity contribution in [1.29, 1.82) is 0 Å². The van der Waals surface area contributed by atoms with Crippen molar-refractivity contribution in [3.8, 4) is 0 Å². The fourth-order valence-corrected chi connectivity index (χ4v) is 1.11. The fourth-order valence-electron chi connectivity index (χ4n) is 1.11. The molecule has 0 fully saturated rings. The highest BCUT2D eigenvalue weighted by molar-refractivity contribution is 5.87. The van der Waals surface area contributed by atoms with E-state index in [0.717, 1.165) is 16.8 Å². The Morgan fingerprint density at radius 2 is 2.20 bits per heavy atom. The second kappa shape index (κ2) is 5.29. The molecule has 1 amide bonds. The molecular formula is C12H16N2O. The molecule has 0 aromatic carbocycles. The predicted molar refractivity (Wildman–Crippen MR) is 60.3 cm³/mol. The Kier molecular flexibility index (Phi) is 4.03. The average Bonchev–Trinajstić information content (AvgIpc) is 2.16. The molecule has 0 unspecified atom stereocenters. The lowest BCUT2D eigenvalue weighted by atomic mass is 10.2. The number of aryl methyl sites for hydroxylation is 1. The van der Waals surface area contributed by atoms with E-state index in [4.69, 9.17) is 0 Å². The van der Waals surface area contributed by atoms with E-state index in [1.165, 1.54) is 0 Å². The molecule has 1 heterocycles. The number of carbonyl (C=O) groups is 1. The monoisotopic (exact) mass is 204 g/mol. The summed E-state index contributed by atoms with van der Waals surface area (Å²) in [6, 6.07) is 3.90. The molecule has 3 nitrogen and oxygen atoms in total. The van der Waals surface area contributed by atoms with E-state index in [0.29, 0.717) is 6.54 Å². The molecule has 0 radical (unpaired) electrons. The van der Waals surface area contributed by atoms with Crippen LogP contribution in [0.15, 0.2) is 30.0 Å². The molecule has 1 N–H and O–H groups in total. The van der Waals surface area contributed by atoms with E-state index < -0.39 is 0 Å². The molecule has 0 aliphatic heterocycles. The maximum atomic E-state index is 11.3. The minimum Gasteiger partial charge on any atom is -0.348 e. The summed E-state index contributed by atoms with van der Waals surface area (Å²) in [5.41, 5.74) is 2.99. The van der Waals surface area contributed by atoms with Crippen LogP contribution >= 0.6 is 0 Å².